The van der Waals surface area contributed by atoms with Crippen LogP contribution in [-0.4, -0.2) is 29.6 Å². The number of carbonyl (C=O) groups excluding carboxylic acids is 2. The van der Waals surface area contributed by atoms with Gasteiger partial charge in [0.2, 0.25) is 5.91 Å². The SMILES string of the molecule is CCOC(=O)c1ccccc1NC(=O)/C=C/C(=O)O. The zero-order chi connectivity index (χ0) is 14.3. The summed E-state index contributed by atoms with van der Waals surface area (Å²) in [4.78, 5) is 33.3. The average Bonchev–Trinajstić information content (AvgIpc) is 2.37. The lowest BCUT2D eigenvalue weighted by molar-refractivity contribution is -0.131. The van der Waals surface area contributed by atoms with Crippen LogP contribution in [0.1, 0.15) is 17.3 Å². The van der Waals surface area contributed by atoms with E-state index in [9.17, 15) is 14.4 Å². The van der Waals surface area contributed by atoms with Gasteiger partial charge in [0, 0.05) is 12.2 Å². The third kappa shape index (κ3) is 4.63. The minimum absolute atomic E-state index is 0.210. The third-order valence-electron chi connectivity index (χ3n) is 2.06. The van der Waals surface area contributed by atoms with Gasteiger partial charge in [0.25, 0.3) is 0 Å². The summed E-state index contributed by atoms with van der Waals surface area (Å²) in [6.07, 6.45) is 1.58. The smallest absolute Gasteiger partial charge is 0.340 e. The summed E-state index contributed by atoms with van der Waals surface area (Å²) in [7, 11) is 0. The highest BCUT2D eigenvalue weighted by molar-refractivity contribution is 6.06. The molecule has 0 radical (unpaired) electrons. The summed E-state index contributed by atoms with van der Waals surface area (Å²) in [5.41, 5.74) is 0.474. The van der Waals surface area contributed by atoms with Crippen molar-refractivity contribution in [3.63, 3.8) is 0 Å². The number of esters is 1. The lowest BCUT2D eigenvalue weighted by Crippen LogP contribution is -2.14. The van der Waals surface area contributed by atoms with Crippen molar-refractivity contribution in [2.24, 2.45) is 0 Å². The second kappa shape index (κ2) is 6.95. The molecule has 0 saturated carbocycles. The Morgan fingerprint density at radius 3 is 2.58 bits per heavy atom. The maximum Gasteiger partial charge on any atom is 0.340 e. The number of para-hydroxylation sites is 1. The van der Waals surface area contributed by atoms with Crippen molar-refractivity contribution < 1.29 is 24.2 Å². The first-order chi connectivity index (χ1) is 9.04. The van der Waals surface area contributed by atoms with Crippen LogP contribution in [0.15, 0.2) is 36.4 Å². The van der Waals surface area contributed by atoms with E-state index >= 15 is 0 Å². The average molecular weight is 263 g/mol. The number of anilines is 1. The van der Waals surface area contributed by atoms with Gasteiger partial charge in [-0.2, -0.15) is 0 Å². The Balaban J connectivity index is 2.86. The molecule has 0 fully saturated rings. The first-order valence-corrected chi connectivity index (χ1v) is 5.52. The Hall–Kier alpha value is -2.63. The lowest BCUT2D eigenvalue weighted by Gasteiger charge is -2.08. The molecule has 19 heavy (non-hydrogen) atoms. The van der Waals surface area contributed by atoms with E-state index < -0.39 is 17.8 Å². The summed E-state index contributed by atoms with van der Waals surface area (Å²) in [6.45, 7) is 1.90. The first kappa shape index (κ1) is 14.4. The molecule has 0 aliphatic rings. The lowest BCUT2D eigenvalue weighted by atomic mass is 10.2. The quantitative estimate of drug-likeness (QED) is 0.619. The Kier molecular flexibility index (Phi) is 5.28. The third-order valence-corrected chi connectivity index (χ3v) is 2.06. The maximum atomic E-state index is 11.6. The molecule has 1 aromatic carbocycles. The van der Waals surface area contributed by atoms with Crippen molar-refractivity contribution in [2.45, 2.75) is 6.92 Å². The van der Waals surface area contributed by atoms with Crippen LogP contribution >= 0.6 is 0 Å². The normalized spacial score (nSPS) is 10.2. The number of hydrogen-bond donors (Lipinski definition) is 2. The largest absolute Gasteiger partial charge is 0.478 e. The van der Waals surface area contributed by atoms with Crippen LogP contribution in [0.3, 0.4) is 0 Å². The van der Waals surface area contributed by atoms with Crippen molar-refractivity contribution in [1.82, 2.24) is 0 Å². The van der Waals surface area contributed by atoms with Crippen LogP contribution in [0.2, 0.25) is 0 Å². The summed E-state index contributed by atoms with van der Waals surface area (Å²) in [5.74, 6) is -2.42. The number of aliphatic carboxylic acids is 1. The Labute approximate surface area is 109 Å². The minimum Gasteiger partial charge on any atom is -0.478 e. The number of carboxylic acid groups (broad SMARTS) is 1. The van der Waals surface area contributed by atoms with Crippen molar-refractivity contribution in [3.8, 4) is 0 Å². The molecule has 6 nitrogen and oxygen atoms in total. The topological polar surface area (TPSA) is 92.7 Å². The molecule has 1 rings (SSSR count). The molecule has 0 heterocycles. The minimum atomic E-state index is -1.23. The van der Waals surface area contributed by atoms with Crippen molar-refractivity contribution >= 4 is 23.5 Å². The Bertz CT molecular complexity index is 522. The summed E-state index contributed by atoms with van der Waals surface area (Å²) in [5, 5.41) is 10.8. The zero-order valence-electron chi connectivity index (χ0n) is 10.3. The first-order valence-electron chi connectivity index (χ1n) is 5.52. The van der Waals surface area contributed by atoms with E-state index in [0.29, 0.717) is 6.08 Å². The second-order valence-electron chi connectivity index (χ2n) is 3.43. The number of carboxylic acids is 1. The highest BCUT2D eigenvalue weighted by Crippen LogP contribution is 2.16. The predicted octanol–water partition coefficient (Wildman–Crippen LogP) is 1.44. The number of hydrogen-bond acceptors (Lipinski definition) is 4. The predicted molar refractivity (Wildman–Crippen MR) is 67.8 cm³/mol. The van der Waals surface area contributed by atoms with Gasteiger partial charge in [-0.15, -0.1) is 0 Å². The van der Waals surface area contributed by atoms with Crippen molar-refractivity contribution in [3.05, 3.63) is 42.0 Å². The summed E-state index contributed by atoms with van der Waals surface area (Å²) >= 11 is 0. The second-order valence-corrected chi connectivity index (χ2v) is 3.43. The Morgan fingerprint density at radius 2 is 1.95 bits per heavy atom. The molecule has 100 valence electrons. The van der Waals surface area contributed by atoms with Gasteiger partial charge in [-0.05, 0) is 19.1 Å². The van der Waals surface area contributed by atoms with E-state index in [-0.39, 0.29) is 17.9 Å². The molecule has 0 unspecified atom stereocenters. The Morgan fingerprint density at radius 1 is 1.26 bits per heavy atom. The molecule has 6 heteroatoms. The van der Waals surface area contributed by atoms with E-state index in [4.69, 9.17) is 9.84 Å². The van der Waals surface area contributed by atoms with Gasteiger partial charge in [-0.25, -0.2) is 9.59 Å². The van der Waals surface area contributed by atoms with Crippen LogP contribution < -0.4 is 5.32 Å². The van der Waals surface area contributed by atoms with Crippen molar-refractivity contribution in [1.29, 1.82) is 0 Å². The van der Waals surface area contributed by atoms with E-state index in [0.717, 1.165) is 6.08 Å². The monoisotopic (exact) mass is 263 g/mol. The van der Waals surface area contributed by atoms with E-state index in [1.54, 1.807) is 19.1 Å². The highest BCUT2D eigenvalue weighted by Gasteiger charge is 2.12. The molecular weight excluding hydrogens is 250 g/mol. The van der Waals surface area contributed by atoms with Crippen LogP contribution in [0.5, 0.6) is 0 Å². The molecule has 0 aromatic heterocycles. The van der Waals surface area contributed by atoms with Crippen LogP contribution in [0.25, 0.3) is 0 Å². The number of amides is 1. The van der Waals surface area contributed by atoms with Gasteiger partial charge >= 0.3 is 11.9 Å². The van der Waals surface area contributed by atoms with E-state index in [1.807, 2.05) is 0 Å². The molecular formula is C13H13NO5. The van der Waals surface area contributed by atoms with Crippen LogP contribution in [0, 0.1) is 0 Å². The molecule has 0 aliphatic heterocycles. The number of benzene rings is 1. The van der Waals surface area contributed by atoms with Crippen LogP contribution in [0.4, 0.5) is 5.69 Å². The molecule has 2 N–H and O–H groups in total. The fourth-order valence-electron chi connectivity index (χ4n) is 1.30. The van der Waals surface area contributed by atoms with Gasteiger partial charge in [-0.3, -0.25) is 4.79 Å². The number of ether oxygens (including phenoxy) is 1. The zero-order valence-corrected chi connectivity index (χ0v) is 10.3. The standard InChI is InChI=1S/C13H13NO5/c1-2-19-13(18)9-5-3-4-6-10(9)14-11(15)7-8-12(16)17/h3-8H,2H2,1H3,(H,14,15)(H,16,17)/b8-7+. The van der Waals surface area contributed by atoms with Gasteiger partial charge < -0.3 is 15.2 Å². The summed E-state index contributed by atoms with van der Waals surface area (Å²) in [6, 6.07) is 6.31. The van der Waals surface area contributed by atoms with Crippen LogP contribution in [-0.2, 0) is 14.3 Å². The van der Waals surface area contributed by atoms with Gasteiger partial charge in [0.05, 0.1) is 17.9 Å². The van der Waals surface area contributed by atoms with Gasteiger partial charge in [-0.1, -0.05) is 12.1 Å². The molecule has 0 aliphatic carbocycles. The fraction of sp³-hybridized carbons (Fsp3) is 0.154. The molecule has 0 atom stereocenters. The molecule has 1 aromatic rings. The van der Waals surface area contributed by atoms with E-state index in [1.165, 1.54) is 12.1 Å². The molecule has 0 bridgehead atoms. The summed E-state index contributed by atoms with van der Waals surface area (Å²) < 4.78 is 4.85. The van der Waals surface area contributed by atoms with E-state index in [2.05, 4.69) is 5.32 Å². The highest BCUT2D eigenvalue weighted by atomic mass is 16.5. The number of carbonyl (C=O) groups is 3. The van der Waals surface area contributed by atoms with Crippen molar-refractivity contribution in [2.75, 3.05) is 11.9 Å². The maximum absolute atomic E-state index is 11.6. The number of rotatable bonds is 5. The van der Waals surface area contributed by atoms with Gasteiger partial charge in [0.15, 0.2) is 0 Å². The van der Waals surface area contributed by atoms with Gasteiger partial charge in [0.1, 0.15) is 0 Å². The number of nitrogens with one attached hydrogen (secondary N) is 1. The molecule has 0 spiro atoms. The fourth-order valence-corrected chi connectivity index (χ4v) is 1.30. The molecule has 0 saturated heterocycles. The molecule has 1 amide bonds.